The quantitative estimate of drug-likeness (QED) is 0.557. The first kappa shape index (κ1) is 13.1. The lowest BCUT2D eigenvalue weighted by Crippen LogP contribution is -2.09. The van der Waals surface area contributed by atoms with Crippen molar-refractivity contribution in [3.63, 3.8) is 0 Å². The average molecular weight is 310 g/mol. The summed E-state index contributed by atoms with van der Waals surface area (Å²) in [5.41, 5.74) is 3.90. The van der Waals surface area contributed by atoms with Gasteiger partial charge in [0.2, 0.25) is 0 Å². The van der Waals surface area contributed by atoms with Crippen LogP contribution < -0.4 is 5.56 Å². The van der Waals surface area contributed by atoms with Crippen molar-refractivity contribution in [2.45, 2.75) is 6.92 Å². The number of nitrogens with one attached hydrogen (secondary N) is 2. The van der Waals surface area contributed by atoms with Crippen LogP contribution in [-0.2, 0) is 0 Å². The number of aromatic nitrogens is 3. The summed E-state index contributed by atoms with van der Waals surface area (Å²) in [4.78, 5) is 22.9. The van der Waals surface area contributed by atoms with E-state index in [1.165, 1.54) is 0 Å². The second kappa shape index (κ2) is 4.71. The first-order valence-corrected chi connectivity index (χ1v) is 7.27. The van der Waals surface area contributed by atoms with Crippen LogP contribution in [0.15, 0.2) is 47.3 Å². The van der Waals surface area contributed by atoms with Crippen molar-refractivity contribution < 1.29 is 0 Å². The third-order valence-electron chi connectivity index (χ3n) is 3.70. The Bertz CT molecular complexity index is 1080. The van der Waals surface area contributed by atoms with Gasteiger partial charge in [0, 0.05) is 10.5 Å². The van der Waals surface area contributed by atoms with Gasteiger partial charge in [-0.1, -0.05) is 23.2 Å². The van der Waals surface area contributed by atoms with Gasteiger partial charge in [-0.2, -0.15) is 0 Å². The standard InChI is InChI=1S/C17H12ClN3O/c1-9-2-4-13-10(6-9)7-12(17(22)21-13)16-19-14-5-3-11(18)8-15(14)20-16/h2-8H,1H3,(H,19,20)(H,21,22). The monoisotopic (exact) mass is 309 g/mol. The molecule has 0 amide bonds. The summed E-state index contributed by atoms with van der Waals surface area (Å²) < 4.78 is 0. The fraction of sp³-hybridized carbons (Fsp3) is 0.0588. The Hall–Kier alpha value is -2.59. The number of nitrogens with zero attached hydrogens (tertiary/aromatic N) is 1. The summed E-state index contributed by atoms with van der Waals surface area (Å²) in [5, 5.41) is 1.61. The van der Waals surface area contributed by atoms with E-state index >= 15 is 0 Å². The lowest BCUT2D eigenvalue weighted by atomic mass is 10.1. The van der Waals surface area contributed by atoms with Crippen LogP contribution in [0.3, 0.4) is 0 Å². The van der Waals surface area contributed by atoms with Gasteiger partial charge in [-0.05, 0) is 48.7 Å². The molecule has 5 heteroatoms. The van der Waals surface area contributed by atoms with Crippen LogP contribution in [0.1, 0.15) is 5.56 Å². The molecule has 4 nitrogen and oxygen atoms in total. The van der Waals surface area contributed by atoms with Crippen molar-refractivity contribution in [3.05, 3.63) is 63.4 Å². The van der Waals surface area contributed by atoms with Crippen molar-refractivity contribution in [3.8, 4) is 11.4 Å². The van der Waals surface area contributed by atoms with E-state index in [1.54, 1.807) is 12.1 Å². The second-order valence-corrected chi connectivity index (χ2v) is 5.79. The molecule has 0 aliphatic carbocycles. The summed E-state index contributed by atoms with van der Waals surface area (Å²) in [7, 11) is 0. The molecule has 108 valence electrons. The smallest absolute Gasteiger partial charge is 0.259 e. The number of pyridine rings is 1. The van der Waals surface area contributed by atoms with Crippen LogP contribution in [-0.4, -0.2) is 15.0 Å². The molecule has 2 heterocycles. The summed E-state index contributed by atoms with van der Waals surface area (Å²) in [6, 6.07) is 13.2. The van der Waals surface area contributed by atoms with Crippen molar-refractivity contribution in [1.82, 2.24) is 15.0 Å². The van der Waals surface area contributed by atoms with Crippen molar-refractivity contribution >= 4 is 33.5 Å². The van der Waals surface area contributed by atoms with Gasteiger partial charge in [-0.3, -0.25) is 4.79 Å². The van der Waals surface area contributed by atoms with E-state index in [4.69, 9.17) is 11.6 Å². The maximum absolute atomic E-state index is 12.3. The minimum Gasteiger partial charge on any atom is -0.338 e. The minimum atomic E-state index is -0.165. The summed E-state index contributed by atoms with van der Waals surface area (Å²) in [5.74, 6) is 0.543. The Balaban J connectivity index is 1.98. The third kappa shape index (κ3) is 2.09. The molecule has 0 fully saturated rings. The van der Waals surface area contributed by atoms with Crippen LogP contribution in [0, 0.1) is 6.92 Å². The number of fused-ring (bicyclic) bond motifs is 2. The molecule has 4 rings (SSSR count). The molecule has 0 aliphatic rings. The van der Waals surface area contributed by atoms with Gasteiger partial charge < -0.3 is 9.97 Å². The Morgan fingerprint density at radius 1 is 1.00 bits per heavy atom. The molecule has 0 saturated carbocycles. The number of imidazole rings is 1. The average Bonchev–Trinajstić information content (AvgIpc) is 2.89. The van der Waals surface area contributed by atoms with E-state index < -0.39 is 0 Å². The van der Waals surface area contributed by atoms with Crippen molar-refractivity contribution in [2.75, 3.05) is 0 Å². The van der Waals surface area contributed by atoms with E-state index in [0.29, 0.717) is 16.4 Å². The van der Waals surface area contributed by atoms with Crippen LogP contribution >= 0.6 is 11.6 Å². The normalized spacial score (nSPS) is 11.4. The molecular formula is C17H12ClN3O. The van der Waals surface area contributed by atoms with Crippen LogP contribution in [0.2, 0.25) is 5.02 Å². The highest BCUT2D eigenvalue weighted by Crippen LogP contribution is 2.23. The molecule has 0 saturated heterocycles. The van der Waals surface area contributed by atoms with E-state index in [1.807, 2.05) is 37.3 Å². The number of aromatic amines is 2. The molecule has 2 aromatic heterocycles. The van der Waals surface area contributed by atoms with Gasteiger partial charge in [0.1, 0.15) is 5.82 Å². The number of halogens is 1. The van der Waals surface area contributed by atoms with Gasteiger partial charge in [-0.25, -0.2) is 4.98 Å². The first-order valence-electron chi connectivity index (χ1n) is 6.89. The third-order valence-corrected chi connectivity index (χ3v) is 3.93. The zero-order valence-corrected chi connectivity index (χ0v) is 12.5. The number of hydrogen-bond donors (Lipinski definition) is 2. The highest BCUT2D eigenvalue weighted by molar-refractivity contribution is 6.31. The van der Waals surface area contributed by atoms with E-state index in [2.05, 4.69) is 15.0 Å². The summed E-state index contributed by atoms with van der Waals surface area (Å²) in [6.45, 7) is 2.02. The molecule has 2 aromatic carbocycles. The van der Waals surface area contributed by atoms with Crippen molar-refractivity contribution in [2.24, 2.45) is 0 Å². The molecule has 4 aromatic rings. The Morgan fingerprint density at radius 2 is 1.86 bits per heavy atom. The Morgan fingerprint density at radius 3 is 2.73 bits per heavy atom. The number of H-pyrrole nitrogens is 2. The number of aryl methyl sites for hydroxylation is 1. The molecule has 22 heavy (non-hydrogen) atoms. The molecule has 0 bridgehead atoms. The summed E-state index contributed by atoms with van der Waals surface area (Å²) >= 11 is 5.99. The zero-order chi connectivity index (χ0) is 15.3. The fourth-order valence-electron chi connectivity index (χ4n) is 2.61. The zero-order valence-electron chi connectivity index (χ0n) is 11.8. The Kier molecular flexibility index (Phi) is 2.81. The molecule has 0 unspecified atom stereocenters. The molecule has 0 aliphatic heterocycles. The summed E-state index contributed by atoms with van der Waals surface area (Å²) in [6.07, 6.45) is 0. The van der Waals surface area contributed by atoms with E-state index in [-0.39, 0.29) is 5.56 Å². The first-order chi connectivity index (χ1) is 10.6. The van der Waals surface area contributed by atoms with E-state index in [9.17, 15) is 4.79 Å². The molecule has 0 spiro atoms. The topological polar surface area (TPSA) is 61.5 Å². The second-order valence-electron chi connectivity index (χ2n) is 5.35. The van der Waals surface area contributed by atoms with Crippen LogP contribution in [0.5, 0.6) is 0 Å². The van der Waals surface area contributed by atoms with Crippen LogP contribution in [0.4, 0.5) is 0 Å². The molecule has 2 N–H and O–H groups in total. The predicted octanol–water partition coefficient (Wildman–Crippen LogP) is 4.03. The van der Waals surface area contributed by atoms with Gasteiger partial charge in [0.05, 0.1) is 16.6 Å². The Labute approximate surface area is 130 Å². The lowest BCUT2D eigenvalue weighted by Gasteiger charge is -2.02. The number of hydrogen-bond acceptors (Lipinski definition) is 2. The van der Waals surface area contributed by atoms with Crippen LogP contribution in [0.25, 0.3) is 33.3 Å². The number of rotatable bonds is 1. The minimum absolute atomic E-state index is 0.165. The SMILES string of the molecule is Cc1ccc2[nH]c(=O)c(-c3nc4ccc(Cl)cc4[nH]3)cc2c1. The molecule has 0 atom stereocenters. The number of benzene rings is 2. The highest BCUT2D eigenvalue weighted by atomic mass is 35.5. The van der Waals surface area contributed by atoms with Gasteiger partial charge in [0.25, 0.3) is 5.56 Å². The van der Waals surface area contributed by atoms with Gasteiger partial charge >= 0.3 is 0 Å². The van der Waals surface area contributed by atoms with Crippen molar-refractivity contribution in [1.29, 1.82) is 0 Å². The van der Waals surface area contributed by atoms with Gasteiger partial charge in [-0.15, -0.1) is 0 Å². The highest BCUT2D eigenvalue weighted by Gasteiger charge is 2.11. The maximum atomic E-state index is 12.3. The van der Waals surface area contributed by atoms with Gasteiger partial charge in [0.15, 0.2) is 0 Å². The van der Waals surface area contributed by atoms with E-state index in [0.717, 1.165) is 27.5 Å². The predicted molar refractivity (Wildman–Crippen MR) is 89.4 cm³/mol. The molecular weight excluding hydrogens is 298 g/mol. The fourth-order valence-corrected chi connectivity index (χ4v) is 2.78. The lowest BCUT2D eigenvalue weighted by molar-refractivity contribution is 1.25. The largest absolute Gasteiger partial charge is 0.338 e. The molecule has 0 radical (unpaired) electrons. The maximum Gasteiger partial charge on any atom is 0.259 e.